The third-order valence-electron chi connectivity index (χ3n) is 4.79. The first-order valence-electron chi connectivity index (χ1n) is 8.30. The first-order valence-corrected chi connectivity index (χ1v) is 8.30. The summed E-state index contributed by atoms with van der Waals surface area (Å²) in [6, 6.07) is 0.509. The number of amides is 1. The van der Waals surface area contributed by atoms with E-state index in [1.165, 1.54) is 51.4 Å². The van der Waals surface area contributed by atoms with Gasteiger partial charge in [0, 0.05) is 26.2 Å². The molecule has 0 spiro atoms. The molecule has 1 atom stereocenters. The maximum absolute atomic E-state index is 12.3. The molecule has 1 saturated carbocycles. The lowest BCUT2D eigenvalue weighted by Crippen LogP contribution is -2.42. The quantitative estimate of drug-likeness (QED) is 0.734. The largest absolute Gasteiger partial charge is 0.383 e. The summed E-state index contributed by atoms with van der Waals surface area (Å²) < 4.78 is 4.98. The van der Waals surface area contributed by atoms with Crippen LogP contribution in [0.5, 0.6) is 0 Å². The molecule has 124 valence electrons. The molecule has 2 aliphatic rings. The van der Waals surface area contributed by atoms with Gasteiger partial charge in [-0.15, -0.1) is 12.4 Å². The average Bonchev–Trinajstić information content (AvgIpc) is 2.93. The number of hydrogen-bond donors (Lipinski definition) is 1. The molecular formula is C16H31ClN2O2. The Labute approximate surface area is 135 Å². The van der Waals surface area contributed by atoms with Gasteiger partial charge in [-0.25, -0.2) is 0 Å². The van der Waals surface area contributed by atoms with Crippen LogP contribution in [0.15, 0.2) is 0 Å². The van der Waals surface area contributed by atoms with E-state index >= 15 is 0 Å². The number of carbonyl (C=O) groups excluding carboxylic acids is 1. The molecule has 5 heteroatoms. The van der Waals surface area contributed by atoms with Crippen LogP contribution in [0.25, 0.3) is 0 Å². The van der Waals surface area contributed by atoms with Gasteiger partial charge < -0.3 is 15.0 Å². The first kappa shape index (κ1) is 18.7. The number of rotatable bonds is 7. The van der Waals surface area contributed by atoms with Crippen molar-refractivity contribution in [3.8, 4) is 0 Å². The zero-order valence-electron chi connectivity index (χ0n) is 13.3. The number of nitrogens with one attached hydrogen (secondary N) is 1. The van der Waals surface area contributed by atoms with E-state index in [2.05, 4.69) is 10.2 Å². The van der Waals surface area contributed by atoms with Crippen LogP contribution in [0.3, 0.4) is 0 Å². The highest BCUT2D eigenvalue weighted by molar-refractivity contribution is 5.85. The number of methoxy groups -OCH3 is 1. The molecule has 0 radical (unpaired) electrons. The minimum Gasteiger partial charge on any atom is -0.383 e. The standard InChI is InChI=1S/C16H30N2O2.ClH/c1-20-11-9-17-13-16(19)18-10-5-8-15(18)12-14-6-3-2-4-7-14;/h14-15,17H,2-13H2,1H3;1H. The minimum atomic E-state index is 0. The van der Waals surface area contributed by atoms with E-state index in [9.17, 15) is 4.79 Å². The van der Waals surface area contributed by atoms with Gasteiger partial charge in [-0.3, -0.25) is 4.79 Å². The Kier molecular flexibility index (Phi) is 9.29. The summed E-state index contributed by atoms with van der Waals surface area (Å²) in [5.41, 5.74) is 0. The lowest BCUT2D eigenvalue weighted by molar-refractivity contribution is -0.131. The van der Waals surface area contributed by atoms with Gasteiger partial charge in [0.1, 0.15) is 0 Å². The lowest BCUT2D eigenvalue weighted by atomic mass is 9.84. The molecule has 4 nitrogen and oxygen atoms in total. The van der Waals surface area contributed by atoms with Crippen molar-refractivity contribution in [1.82, 2.24) is 10.2 Å². The molecule has 1 N–H and O–H groups in total. The number of likely N-dealkylation sites (tertiary alicyclic amines) is 1. The highest BCUT2D eigenvalue weighted by atomic mass is 35.5. The van der Waals surface area contributed by atoms with E-state index < -0.39 is 0 Å². The predicted octanol–water partition coefficient (Wildman–Crippen LogP) is 2.61. The van der Waals surface area contributed by atoms with Gasteiger partial charge in [0.2, 0.25) is 5.91 Å². The molecule has 1 heterocycles. The SMILES string of the molecule is COCCNCC(=O)N1CCCC1CC1CCCCC1.Cl. The van der Waals surface area contributed by atoms with Gasteiger partial charge >= 0.3 is 0 Å². The number of nitrogens with zero attached hydrogens (tertiary/aromatic N) is 1. The van der Waals surface area contributed by atoms with Crippen molar-refractivity contribution in [2.45, 2.75) is 57.4 Å². The van der Waals surface area contributed by atoms with Crippen LogP contribution in [-0.4, -0.2) is 50.2 Å². The number of hydrogen-bond acceptors (Lipinski definition) is 3. The van der Waals surface area contributed by atoms with E-state index in [0.29, 0.717) is 19.2 Å². The summed E-state index contributed by atoms with van der Waals surface area (Å²) in [7, 11) is 1.68. The second-order valence-electron chi connectivity index (χ2n) is 6.29. The normalized spacial score (nSPS) is 23.1. The molecule has 1 amide bonds. The molecule has 2 fully saturated rings. The van der Waals surface area contributed by atoms with Gasteiger partial charge in [0.05, 0.1) is 13.2 Å². The molecule has 0 bridgehead atoms. The molecule has 1 aliphatic carbocycles. The molecule has 0 aromatic carbocycles. The second kappa shape index (κ2) is 10.4. The number of ether oxygens (including phenoxy) is 1. The summed E-state index contributed by atoms with van der Waals surface area (Å²) in [6.07, 6.45) is 10.6. The Morgan fingerprint density at radius 1 is 1.19 bits per heavy atom. The van der Waals surface area contributed by atoms with E-state index in [4.69, 9.17) is 4.74 Å². The molecule has 1 saturated heterocycles. The minimum absolute atomic E-state index is 0. The van der Waals surface area contributed by atoms with E-state index in [-0.39, 0.29) is 18.3 Å². The van der Waals surface area contributed by atoms with Gasteiger partial charge in [0.25, 0.3) is 0 Å². The molecule has 2 rings (SSSR count). The van der Waals surface area contributed by atoms with Crippen molar-refractivity contribution >= 4 is 18.3 Å². The van der Waals surface area contributed by atoms with Crippen molar-refractivity contribution in [1.29, 1.82) is 0 Å². The molecule has 1 unspecified atom stereocenters. The summed E-state index contributed by atoms with van der Waals surface area (Å²) in [5, 5.41) is 3.17. The van der Waals surface area contributed by atoms with Crippen molar-refractivity contribution < 1.29 is 9.53 Å². The van der Waals surface area contributed by atoms with Crippen molar-refractivity contribution in [2.24, 2.45) is 5.92 Å². The van der Waals surface area contributed by atoms with Crippen LogP contribution in [0.1, 0.15) is 51.4 Å². The van der Waals surface area contributed by atoms with E-state index in [0.717, 1.165) is 19.0 Å². The lowest BCUT2D eigenvalue weighted by Gasteiger charge is -2.30. The summed E-state index contributed by atoms with van der Waals surface area (Å²) in [5.74, 6) is 1.14. The Morgan fingerprint density at radius 2 is 1.95 bits per heavy atom. The van der Waals surface area contributed by atoms with Crippen LogP contribution in [-0.2, 0) is 9.53 Å². The second-order valence-corrected chi connectivity index (χ2v) is 6.29. The topological polar surface area (TPSA) is 41.6 Å². The highest BCUT2D eigenvalue weighted by Crippen LogP contribution is 2.31. The zero-order chi connectivity index (χ0) is 14.2. The molecule has 1 aliphatic heterocycles. The van der Waals surface area contributed by atoms with Crippen LogP contribution in [0.2, 0.25) is 0 Å². The van der Waals surface area contributed by atoms with Crippen LogP contribution in [0, 0.1) is 5.92 Å². The van der Waals surface area contributed by atoms with Crippen LogP contribution >= 0.6 is 12.4 Å². The summed E-state index contributed by atoms with van der Waals surface area (Å²) in [4.78, 5) is 14.4. The molecule has 0 aromatic rings. The maximum atomic E-state index is 12.3. The number of halogens is 1. The third kappa shape index (κ3) is 6.13. The average molecular weight is 319 g/mol. The maximum Gasteiger partial charge on any atom is 0.236 e. The van der Waals surface area contributed by atoms with E-state index in [1.54, 1.807) is 7.11 Å². The monoisotopic (exact) mass is 318 g/mol. The Morgan fingerprint density at radius 3 is 2.67 bits per heavy atom. The fourth-order valence-corrected chi connectivity index (χ4v) is 3.69. The fraction of sp³-hybridized carbons (Fsp3) is 0.938. The summed E-state index contributed by atoms with van der Waals surface area (Å²) >= 11 is 0. The van der Waals surface area contributed by atoms with E-state index in [1.807, 2.05) is 0 Å². The smallest absolute Gasteiger partial charge is 0.236 e. The van der Waals surface area contributed by atoms with Crippen molar-refractivity contribution in [3.05, 3.63) is 0 Å². The Balaban J connectivity index is 0.00000220. The van der Waals surface area contributed by atoms with Gasteiger partial charge in [-0.1, -0.05) is 32.1 Å². The Bertz CT molecular complexity index is 296. The zero-order valence-corrected chi connectivity index (χ0v) is 14.1. The number of carbonyl (C=O) groups is 1. The Hall–Kier alpha value is -0.320. The third-order valence-corrected chi connectivity index (χ3v) is 4.79. The molecule has 0 aromatic heterocycles. The van der Waals surface area contributed by atoms with Gasteiger partial charge in [-0.2, -0.15) is 0 Å². The fourth-order valence-electron chi connectivity index (χ4n) is 3.69. The van der Waals surface area contributed by atoms with Gasteiger partial charge in [-0.05, 0) is 25.2 Å². The molecular weight excluding hydrogens is 288 g/mol. The predicted molar refractivity (Wildman–Crippen MR) is 87.9 cm³/mol. The van der Waals surface area contributed by atoms with Crippen molar-refractivity contribution in [2.75, 3.05) is 33.4 Å². The van der Waals surface area contributed by atoms with Crippen molar-refractivity contribution in [3.63, 3.8) is 0 Å². The summed E-state index contributed by atoms with van der Waals surface area (Å²) in [6.45, 7) is 2.84. The van der Waals surface area contributed by atoms with Crippen LogP contribution < -0.4 is 5.32 Å². The molecule has 21 heavy (non-hydrogen) atoms. The highest BCUT2D eigenvalue weighted by Gasteiger charge is 2.30. The van der Waals surface area contributed by atoms with Gasteiger partial charge in [0.15, 0.2) is 0 Å². The first-order chi connectivity index (χ1) is 9.81. The van der Waals surface area contributed by atoms with Crippen LogP contribution in [0.4, 0.5) is 0 Å².